The van der Waals surface area contributed by atoms with Gasteiger partial charge in [0.25, 0.3) is 5.56 Å². The second kappa shape index (κ2) is 9.39. The minimum absolute atomic E-state index is 0.0475. The molecule has 33 heavy (non-hydrogen) atoms. The van der Waals surface area contributed by atoms with Gasteiger partial charge < -0.3 is 9.88 Å². The van der Waals surface area contributed by atoms with Crippen LogP contribution in [-0.2, 0) is 6.54 Å². The number of benzene rings is 1. The van der Waals surface area contributed by atoms with E-state index in [9.17, 15) is 10.1 Å². The summed E-state index contributed by atoms with van der Waals surface area (Å²) in [5.41, 5.74) is 4.17. The lowest BCUT2D eigenvalue weighted by atomic mass is 9.90. The van der Waals surface area contributed by atoms with Gasteiger partial charge in [-0.05, 0) is 74.3 Å². The second-order valence-electron chi connectivity index (χ2n) is 9.80. The fourth-order valence-electron chi connectivity index (χ4n) is 5.90. The van der Waals surface area contributed by atoms with E-state index in [-0.39, 0.29) is 11.6 Å². The summed E-state index contributed by atoms with van der Waals surface area (Å²) in [5, 5.41) is 14.7. The van der Waals surface area contributed by atoms with E-state index < -0.39 is 0 Å². The van der Waals surface area contributed by atoms with E-state index in [0.29, 0.717) is 23.9 Å². The number of nitriles is 1. The average Bonchev–Trinajstić information content (AvgIpc) is 3.55. The van der Waals surface area contributed by atoms with Crippen LogP contribution in [-0.4, -0.2) is 9.55 Å². The summed E-state index contributed by atoms with van der Waals surface area (Å²) in [4.78, 5) is 18.1. The number of fused-ring (bicyclic) bond motifs is 1. The van der Waals surface area contributed by atoms with Crippen LogP contribution in [0.1, 0.15) is 87.1 Å². The Labute approximate surface area is 195 Å². The van der Waals surface area contributed by atoms with Crippen molar-refractivity contribution in [3.05, 3.63) is 69.8 Å². The van der Waals surface area contributed by atoms with Crippen LogP contribution < -0.4 is 10.9 Å². The van der Waals surface area contributed by atoms with E-state index >= 15 is 0 Å². The Balaban J connectivity index is 1.63. The molecule has 0 amide bonds. The van der Waals surface area contributed by atoms with Crippen molar-refractivity contribution in [2.24, 2.45) is 5.92 Å². The highest BCUT2D eigenvalue weighted by atomic mass is 16.1. The normalized spacial score (nSPS) is 17.9. The molecule has 0 unspecified atom stereocenters. The molecule has 1 atom stereocenters. The molecular weight excluding hydrogens is 408 g/mol. The van der Waals surface area contributed by atoms with Crippen LogP contribution in [0.5, 0.6) is 0 Å². The molecule has 5 rings (SSSR count). The van der Waals surface area contributed by atoms with E-state index in [1.54, 1.807) is 0 Å². The van der Waals surface area contributed by atoms with Crippen LogP contribution in [0.25, 0.3) is 10.9 Å². The fourth-order valence-corrected chi connectivity index (χ4v) is 5.90. The van der Waals surface area contributed by atoms with Crippen LogP contribution in [0.2, 0.25) is 0 Å². The predicted molar refractivity (Wildman–Crippen MR) is 132 cm³/mol. The van der Waals surface area contributed by atoms with Gasteiger partial charge in [-0.25, -0.2) is 0 Å². The summed E-state index contributed by atoms with van der Waals surface area (Å²) >= 11 is 0. The summed E-state index contributed by atoms with van der Waals surface area (Å²) in [7, 11) is 0. The van der Waals surface area contributed by atoms with Gasteiger partial charge >= 0.3 is 0 Å². The number of hydrogen-bond acceptors (Lipinski definition) is 4. The second-order valence-corrected chi connectivity index (χ2v) is 9.80. The number of nitrogens with one attached hydrogen (secondary N) is 1. The first-order valence-corrected chi connectivity index (χ1v) is 12.4. The Bertz CT molecular complexity index is 1230. The van der Waals surface area contributed by atoms with Gasteiger partial charge in [-0.3, -0.25) is 9.78 Å². The lowest BCUT2D eigenvalue weighted by molar-refractivity contribution is 0.457. The zero-order valence-electron chi connectivity index (χ0n) is 19.4. The zero-order valence-corrected chi connectivity index (χ0v) is 19.4. The van der Waals surface area contributed by atoms with E-state index in [1.165, 1.54) is 25.7 Å². The van der Waals surface area contributed by atoms with Gasteiger partial charge in [-0.1, -0.05) is 37.8 Å². The summed E-state index contributed by atoms with van der Waals surface area (Å²) in [5.74, 6) is 0.820. The van der Waals surface area contributed by atoms with Crippen molar-refractivity contribution in [2.45, 2.75) is 76.8 Å². The fraction of sp³-hybridized carbons (Fsp3) is 0.464. The van der Waals surface area contributed by atoms with Crippen molar-refractivity contribution in [2.75, 3.05) is 5.32 Å². The molecule has 2 fully saturated rings. The third-order valence-electron chi connectivity index (χ3n) is 7.61. The van der Waals surface area contributed by atoms with Crippen molar-refractivity contribution in [3.63, 3.8) is 0 Å². The van der Waals surface area contributed by atoms with Gasteiger partial charge in [-0.15, -0.1) is 0 Å². The molecule has 0 radical (unpaired) electrons. The lowest BCUT2D eigenvalue weighted by Gasteiger charge is -2.22. The van der Waals surface area contributed by atoms with Crippen LogP contribution in [0.4, 0.5) is 5.69 Å². The molecular formula is C28H32N4O. The van der Waals surface area contributed by atoms with Crippen molar-refractivity contribution < 1.29 is 0 Å². The first kappa shape index (κ1) is 21.7. The van der Waals surface area contributed by atoms with Crippen molar-refractivity contribution in [1.82, 2.24) is 9.55 Å². The Morgan fingerprint density at radius 2 is 1.88 bits per heavy atom. The average molecular weight is 441 g/mol. The molecule has 3 aromatic rings. The highest BCUT2D eigenvalue weighted by Crippen LogP contribution is 2.39. The minimum Gasteiger partial charge on any atom is -0.377 e. The monoisotopic (exact) mass is 440 g/mol. The largest absolute Gasteiger partial charge is 0.377 e. The highest BCUT2D eigenvalue weighted by Gasteiger charge is 2.27. The van der Waals surface area contributed by atoms with Crippen LogP contribution in [0.15, 0.2) is 47.4 Å². The molecule has 2 saturated carbocycles. The number of aromatic nitrogens is 2. The molecule has 1 N–H and O–H groups in total. The summed E-state index contributed by atoms with van der Waals surface area (Å²) in [6, 6.07) is 14.6. The Kier molecular flexibility index (Phi) is 6.17. The molecule has 2 aliphatic carbocycles. The lowest BCUT2D eigenvalue weighted by Crippen LogP contribution is -2.28. The van der Waals surface area contributed by atoms with Crippen LogP contribution >= 0.6 is 0 Å². The Hall–Kier alpha value is -3.13. The molecule has 2 heterocycles. The first-order chi connectivity index (χ1) is 16.2. The predicted octanol–water partition coefficient (Wildman–Crippen LogP) is 6.29. The number of pyridine rings is 2. The zero-order chi connectivity index (χ0) is 22.8. The highest BCUT2D eigenvalue weighted by molar-refractivity contribution is 5.88. The molecule has 170 valence electrons. The molecule has 2 aliphatic rings. The number of anilines is 1. The van der Waals surface area contributed by atoms with Crippen molar-refractivity contribution >= 4 is 16.6 Å². The maximum absolute atomic E-state index is 13.6. The SMILES string of the molecule is C[C@@H](Nc1ccc2c(C3CCCC3)c(C#N)c(=O)n(CC3CCCC3)c2c1)c1ccccn1. The number of rotatable bonds is 6. The molecule has 0 aliphatic heterocycles. The summed E-state index contributed by atoms with van der Waals surface area (Å²) in [6.45, 7) is 2.80. The van der Waals surface area contributed by atoms with E-state index in [2.05, 4.69) is 41.5 Å². The Morgan fingerprint density at radius 3 is 2.58 bits per heavy atom. The van der Waals surface area contributed by atoms with Gasteiger partial charge in [0.05, 0.1) is 17.3 Å². The topological polar surface area (TPSA) is 70.7 Å². The van der Waals surface area contributed by atoms with Gasteiger partial charge in [0, 0.05) is 23.8 Å². The van der Waals surface area contributed by atoms with Gasteiger partial charge in [0.15, 0.2) is 0 Å². The maximum Gasteiger partial charge on any atom is 0.269 e. The third kappa shape index (κ3) is 4.27. The Morgan fingerprint density at radius 1 is 1.12 bits per heavy atom. The van der Waals surface area contributed by atoms with Crippen LogP contribution in [0.3, 0.4) is 0 Å². The first-order valence-electron chi connectivity index (χ1n) is 12.4. The van der Waals surface area contributed by atoms with Gasteiger partial charge in [0.1, 0.15) is 11.6 Å². The molecule has 0 saturated heterocycles. The molecule has 5 nitrogen and oxygen atoms in total. The van der Waals surface area contributed by atoms with Gasteiger partial charge in [0.2, 0.25) is 0 Å². The number of hydrogen-bond donors (Lipinski definition) is 1. The maximum atomic E-state index is 13.6. The quantitative estimate of drug-likeness (QED) is 0.489. The minimum atomic E-state index is -0.103. The molecule has 2 aromatic heterocycles. The molecule has 0 bridgehead atoms. The van der Waals surface area contributed by atoms with Crippen molar-refractivity contribution in [1.29, 1.82) is 5.26 Å². The molecule has 0 spiro atoms. The molecule has 1 aromatic carbocycles. The van der Waals surface area contributed by atoms with E-state index in [0.717, 1.165) is 53.5 Å². The standard InChI is InChI=1S/C28H32N4O/c1-19(25-12-6-7-15-30-25)31-22-13-14-23-26(16-22)32(18-20-8-2-3-9-20)28(33)24(17-29)27(23)21-10-4-5-11-21/h6-7,12-16,19-21,31H,2-5,8-11,18H2,1H3/t19-/m1/s1. The van der Waals surface area contributed by atoms with Crippen LogP contribution in [0, 0.1) is 17.2 Å². The third-order valence-corrected chi connectivity index (χ3v) is 7.61. The smallest absolute Gasteiger partial charge is 0.269 e. The summed E-state index contributed by atoms with van der Waals surface area (Å²) < 4.78 is 1.90. The van der Waals surface area contributed by atoms with E-state index in [1.807, 2.05) is 29.0 Å². The molecule has 5 heteroatoms. The summed E-state index contributed by atoms with van der Waals surface area (Å²) in [6.07, 6.45) is 11.1. The number of nitrogens with zero attached hydrogens (tertiary/aromatic N) is 3. The van der Waals surface area contributed by atoms with Gasteiger partial charge in [-0.2, -0.15) is 5.26 Å². The van der Waals surface area contributed by atoms with E-state index in [4.69, 9.17) is 0 Å². The van der Waals surface area contributed by atoms with Crippen molar-refractivity contribution in [3.8, 4) is 6.07 Å².